The molecule has 10 nitrogen and oxygen atoms in total. The summed E-state index contributed by atoms with van der Waals surface area (Å²) in [5.41, 5.74) is 0.648. The average molecular weight is 454 g/mol. The van der Waals surface area contributed by atoms with Gasteiger partial charge in [0.05, 0.1) is 24.8 Å². The highest BCUT2D eigenvalue weighted by atomic mass is 35.7. The van der Waals surface area contributed by atoms with Crippen molar-refractivity contribution in [3.8, 4) is 17.9 Å². The molecule has 12 heteroatoms. The van der Waals surface area contributed by atoms with Gasteiger partial charge in [-0.3, -0.25) is 9.80 Å². The van der Waals surface area contributed by atoms with Gasteiger partial charge in [-0.15, -0.1) is 11.8 Å². The van der Waals surface area contributed by atoms with Crippen LogP contribution in [-0.2, 0) is 19.5 Å². The lowest BCUT2D eigenvalue weighted by Crippen LogP contribution is -2.54. The number of nitrogens with one attached hydrogen (secondary N) is 2. The van der Waals surface area contributed by atoms with Gasteiger partial charge < -0.3 is 15.0 Å². The third-order valence-corrected chi connectivity index (χ3v) is 5.41. The van der Waals surface area contributed by atoms with Crippen LogP contribution in [0.3, 0.4) is 0 Å². The summed E-state index contributed by atoms with van der Waals surface area (Å²) in [7, 11) is 5.24. The molecule has 1 aromatic heterocycles. The van der Waals surface area contributed by atoms with E-state index in [2.05, 4.69) is 47.9 Å². The molecule has 0 aliphatic carbocycles. The van der Waals surface area contributed by atoms with Crippen LogP contribution < -0.4 is 5.32 Å². The van der Waals surface area contributed by atoms with Crippen LogP contribution in [0.25, 0.3) is 0 Å². The fraction of sp³-hybridized carbons (Fsp3) is 0.556. The fourth-order valence-corrected chi connectivity index (χ4v) is 3.58. The molecule has 2 N–H and O–H groups in total. The molecule has 1 saturated heterocycles. The first-order valence-electron chi connectivity index (χ1n) is 9.22. The summed E-state index contributed by atoms with van der Waals surface area (Å²) in [4.78, 5) is 21.1. The Morgan fingerprint density at radius 1 is 1.50 bits per heavy atom. The molecule has 30 heavy (non-hydrogen) atoms. The second-order valence-electron chi connectivity index (χ2n) is 6.34. The van der Waals surface area contributed by atoms with Crippen molar-refractivity contribution in [3.63, 3.8) is 0 Å². The molecule has 3 rings (SSSR count). The summed E-state index contributed by atoms with van der Waals surface area (Å²) < 4.78 is 15.7. The van der Waals surface area contributed by atoms with Crippen LogP contribution >= 0.6 is 10.7 Å². The van der Waals surface area contributed by atoms with Gasteiger partial charge in [0.15, 0.2) is 15.8 Å². The van der Waals surface area contributed by atoms with Crippen LogP contribution in [0.2, 0.25) is 0 Å². The molecule has 3 unspecified atom stereocenters. The van der Waals surface area contributed by atoms with Gasteiger partial charge in [0, 0.05) is 39.5 Å². The van der Waals surface area contributed by atoms with Crippen LogP contribution in [-0.4, -0.2) is 69.8 Å². The summed E-state index contributed by atoms with van der Waals surface area (Å²) in [6.45, 7) is 6.43. The Balaban J connectivity index is 0.000000575. The Morgan fingerprint density at radius 2 is 2.17 bits per heavy atom. The monoisotopic (exact) mass is 453 g/mol. The van der Waals surface area contributed by atoms with Crippen LogP contribution in [0, 0.1) is 29.1 Å². The van der Waals surface area contributed by atoms with E-state index < -0.39 is 15.9 Å². The van der Waals surface area contributed by atoms with Gasteiger partial charge in [-0.05, 0) is 17.6 Å². The number of H-pyrrole nitrogens is 1. The molecule has 1 aromatic rings. The lowest BCUT2D eigenvalue weighted by Gasteiger charge is -2.43. The molecule has 0 radical (unpaired) electrons. The number of piperazine rings is 1. The quantitative estimate of drug-likeness (QED) is 0.396. The minimum Gasteiger partial charge on any atom is -0.469 e. The number of hydrogen-bond acceptors (Lipinski definition) is 9. The predicted octanol–water partition coefficient (Wildman–Crippen LogP) is 1.24. The van der Waals surface area contributed by atoms with Gasteiger partial charge in [0.1, 0.15) is 12.4 Å². The number of carbonyl (C=O) groups is 1. The van der Waals surface area contributed by atoms with Crippen molar-refractivity contribution in [3.05, 3.63) is 5.69 Å². The highest BCUT2D eigenvalue weighted by Crippen LogP contribution is 2.38. The summed E-state index contributed by atoms with van der Waals surface area (Å²) in [5, 5.41) is 17.3. The number of methoxy groups -OCH3 is 1. The number of carbonyl (C=O) groups excluding carboxylic acids is 1. The van der Waals surface area contributed by atoms with Crippen molar-refractivity contribution in [1.29, 1.82) is 5.26 Å². The number of halogens is 1. The van der Waals surface area contributed by atoms with Crippen LogP contribution in [0.5, 0.6) is 0 Å². The number of aromatic amines is 1. The molecule has 162 valence electrons. The number of fused-ring (bicyclic) bond motifs is 1. The molecule has 0 saturated carbocycles. The predicted molar refractivity (Wildman–Crippen MR) is 113 cm³/mol. The van der Waals surface area contributed by atoms with Crippen molar-refractivity contribution >= 4 is 38.8 Å². The lowest BCUT2D eigenvalue weighted by molar-refractivity contribution is -0.137. The van der Waals surface area contributed by atoms with E-state index in [0.717, 1.165) is 26.2 Å². The first-order chi connectivity index (χ1) is 14.4. The van der Waals surface area contributed by atoms with E-state index in [-0.39, 0.29) is 17.2 Å². The summed E-state index contributed by atoms with van der Waals surface area (Å²) in [6.07, 6.45) is 2.11. The minimum absolute atomic E-state index is 0.147. The summed E-state index contributed by atoms with van der Waals surface area (Å²) >= 11 is 0. The van der Waals surface area contributed by atoms with Gasteiger partial charge in [0.25, 0.3) is 0 Å². The zero-order valence-corrected chi connectivity index (χ0v) is 18.6. The molecule has 2 aliphatic rings. The van der Waals surface area contributed by atoms with E-state index >= 15 is 0 Å². The van der Waals surface area contributed by atoms with Crippen LogP contribution in [0.4, 0.5) is 5.82 Å². The summed E-state index contributed by atoms with van der Waals surface area (Å²) in [6, 6.07) is 2.02. The number of ether oxygens (including phenoxy) is 1. The maximum Gasteiger partial charge on any atom is 0.302 e. The smallest absolute Gasteiger partial charge is 0.302 e. The van der Waals surface area contributed by atoms with Gasteiger partial charge >= 0.3 is 5.97 Å². The number of rotatable bonds is 4. The van der Waals surface area contributed by atoms with Gasteiger partial charge in [0.2, 0.25) is 5.16 Å². The van der Waals surface area contributed by atoms with Crippen molar-refractivity contribution < 1.29 is 13.7 Å². The Bertz CT molecular complexity index is 896. The Morgan fingerprint density at radius 3 is 2.70 bits per heavy atom. The molecule has 0 spiro atoms. The van der Waals surface area contributed by atoms with Crippen LogP contribution in [0.15, 0.2) is 10.1 Å². The Hall–Kier alpha value is -2.44. The first kappa shape index (κ1) is 23.8. The van der Waals surface area contributed by atoms with Gasteiger partial charge in [-0.1, -0.05) is 0 Å². The molecular weight excluding hydrogens is 430 g/mol. The van der Waals surface area contributed by atoms with Crippen molar-refractivity contribution in [2.75, 3.05) is 33.3 Å². The molecule has 0 amide bonds. The standard InChI is InChI=1S/C15H18ClN7OS.C3H6O2/c1-2-3-4-11(9-17)13-12-14(21-15(20-12)25(16)24)19-10-23(13)22-7-5-18-6-8-22;1-3(4)5-2/h10-11,13,18H,4-8H2,1H3,(H,20,21);1-2H3. The second kappa shape index (κ2) is 11.7. The van der Waals surface area contributed by atoms with E-state index in [1.807, 2.05) is 5.01 Å². The maximum absolute atomic E-state index is 11.6. The molecule has 3 atom stereocenters. The van der Waals surface area contributed by atoms with E-state index in [9.17, 15) is 14.3 Å². The van der Waals surface area contributed by atoms with Crippen molar-refractivity contribution in [1.82, 2.24) is 25.3 Å². The third kappa shape index (κ3) is 6.03. The molecule has 2 aliphatic heterocycles. The number of esters is 1. The number of aliphatic imine (C=N–C) groups is 1. The highest BCUT2D eigenvalue weighted by molar-refractivity contribution is 8.08. The number of nitrogens with zero attached hydrogens (tertiary/aromatic N) is 5. The van der Waals surface area contributed by atoms with Crippen molar-refractivity contribution in [2.24, 2.45) is 10.9 Å². The van der Waals surface area contributed by atoms with Crippen LogP contribution in [0.1, 0.15) is 32.0 Å². The number of imidazole rings is 1. The van der Waals surface area contributed by atoms with E-state index in [0.29, 0.717) is 17.9 Å². The van der Waals surface area contributed by atoms with E-state index in [1.165, 1.54) is 14.0 Å². The number of aromatic nitrogens is 2. The lowest BCUT2D eigenvalue weighted by atomic mass is 9.94. The topological polar surface area (TPSA) is 127 Å². The molecule has 0 bridgehead atoms. The van der Waals surface area contributed by atoms with Gasteiger partial charge in [-0.25, -0.2) is 14.2 Å². The summed E-state index contributed by atoms with van der Waals surface area (Å²) in [5.74, 6) is 5.60. The molecule has 0 aromatic carbocycles. The normalized spacial score (nSPS) is 19.8. The fourth-order valence-electron chi connectivity index (χ4n) is 3.01. The Labute approximate surface area is 182 Å². The molecule has 1 fully saturated rings. The van der Waals surface area contributed by atoms with Crippen molar-refractivity contribution in [2.45, 2.75) is 31.5 Å². The number of nitriles is 1. The first-order valence-corrected chi connectivity index (χ1v) is 11.2. The molecule has 3 heterocycles. The Kier molecular flexibility index (Phi) is 9.27. The SMILES string of the molecule is CC#CCC(C#N)C1c2[nH]c(S(=O)Cl)nc2N=CN1N1CCNCC1.COC(C)=O. The van der Waals surface area contributed by atoms with Gasteiger partial charge in [-0.2, -0.15) is 10.2 Å². The second-order valence-corrected chi connectivity index (χ2v) is 8.01. The largest absolute Gasteiger partial charge is 0.469 e. The zero-order chi connectivity index (χ0) is 22.1. The molecular formula is C18H24ClN7O3S. The van der Waals surface area contributed by atoms with E-state index in [1.54, 1.807) is 13.3 Å². The number of hydrogen-bond donors (Lipinski definition) is 2. The van der Waals surface area contributed by atoms with E-state index in [4.69, 9.17) is 10.7 Å². The maximum atomic E-state index is 11.6. The zero-order valence-electron chi connectivity index (χ0n) is 17.0. The minimum atomic E-state index is -1.77. The third-order valence-electron chi connectivity index (χ3n) is 4.47. The average Bonchev–Trinajstić information content (AvgIpc) is 3.20. The highest BCUT2D eigenvalue weighted by Gasteiger charge is 2.38. The number of hydrazine groups is 1.